The van der Waals surface area contributed by atoms with Crippen LogP contribution < -0.4 is 4.74 Å². The summed E-state index contributed by atoms with van der Waals surface area (Å²) in [5.41, 5.74) is 3.55. The zero-order chi connectivity index (χ0) is 24.4. The quantitative estimate of drug-likeness (QED) is 0.506. The van der Waals surface area contributed by atoms with Gasteiger partial charge >= 0.3 is 0 Å². The average Bonchev–Trinajstić information content (AvgIpc) is 3.48. The first-order valence-electron chi connectivity index (χ1n) is 12.3. The second-order valence-corrected chi connectivity index (χ2v) is 11.3. The number of ketones is 1. The first-order valence-corrected chi connectivity index (χ1v) is 12.3. The van der Waals surface area contributed by atoms with Crippen LogP contribution in [0.25, 0.3) is 22.0 Å². The smallest absolute Gasteiger partial charge is 0.133 e. The van der Waals surface area contributed by atoms with Gasteiger partial charge in [0.15, 0.2) is 0 Å². The maximum atomic E-state index is 11.8. The lowest BCUT2D eigenvalue weighted by Gasteiger charge is -2.27. The van der Waals surface area contributed by atoms with Crippen molar-refractivity contribution in [3.8, 4) is 16.9 Å². The van der Waals surface area contributed by atoms with Gasteiger partial charge in [0.2, 0.25) is 0 Å². The third-order valence-electron chi connectivity index (χ3n) is 7.73. The molecule has 0 amide bonds. The van der Waals surface area contributed by atoms with E-state index in [9.17, 15) is 4.79 Å². The number of benzene rings is 1. The minimum absolute atomic E-state index is 0.0362. The lowest BCUT2D eigenvalue weighted by Crippen LogP contribution is -2.31. The molecule has 3 atom stereocenters. The SMILES string of the molecule is Cc1c2c(O[C@H](C)[C@@H]3CCC(=O)C3)cc(-c3cnn(C4CC(C)(C)OC4(C)C)c3)cc2nn1C. The van der Waals surface area contributed by atoms with Gasteiger partial charge < -0.3 is 9.47 Å². The van der Waals surface area contributed by atoms with Gasteiger partial charge in [-0.3, -0.25) is 14.2 Å². The Hall–Kier alpha value is -2.67. The van der Waals surface area contributed by atoms with Gasteiger partial charge in [-0.25, -0.2) is 0 Å². The molecule has 2 aromatic heterocycles. The Morgan fingerprint density at radius 3 is 2.62 bits per heavy atom. The number of nitrogens with zero attached hydrogens (tertiary/aromatic N) is 4. The highest BCUT2D eigenvalue weighted by molar-refractivity contribution is 5.92. The van der Waals surface area contributed by atoms with Gasteiger partial charge in [-0.05, 0) is 65.7 Å². The number of fused-ring (bicyclic) bond motifs is 1. The molecule has 34 heavy (non-hydrogen) atoms. The van der Waals surface area contributed by atoms with Crippen LogP contribution >= 0.6 is 0 Å². The zero-order valence-electron chi connectivity index (χ0n) is 21.4. The molecule has 1 aliphatic carbocycles. The van der Waals surface area contributed by atoms with Crippen molar-refractivity contribution in [2.24, 2.45) is 13.0 Å². The number of carbonyl (C=O) groups is 1. The second kappa shape index (κ2) is 7.94. The van der Waals surface area contributed by atoms with E-state index in [1.807, 2.05) is 22.6 Å². The highest BCUT2D eigenvalue weighted by Gasteiger charge is 2.47. The Morgan fingerprint density at radius 1 is 1.21 bits per heavy atom. The van der Waals surface area contributed by atoms with Gasteiger partial charge in [0.1, 0.15) is 11.5 Å². The van der Waals surface area contributed by atoms with Crippen LogP contribution in [0.1, 0.15) is 72.0 Å². The number of aryl methyl sites for hydroxylation is 2. The number of Topliss-reactive ketones (excluding diaryl/α,β-unsaturated/α-hetero) is 1. The van der Waals surface area contributed by atoms with E-state index >= 15 is 0 Å². The van der Waals surface area contributed by atoms with Gasteiger partial charge in [0.05, 0.1) is 40.4 Å². The van der Waals surface area contributed by atoms with E-state index < -0.39 is 0 Å². The Morgan fingerprint density at radius 2 is 1.97 bits per heavy atom. The molecule has 1 aliphatic heterocycles. The van der Waals surface area contributed by atoms with Crippen LogP contribution in [0.4, 0.5) is 0 Å². The molecule has 7 nitrogen and oxygen atoms in total. The van der Waals surface area contributed by atoms with Crippen LogP contribution in [0.5, 0.6) is 5.75 Å². The maximum absolute atomic E-state index is 11.8. The summed E-state index contributed by atoms with van der Waals surface area (Å²) in [7, 11) is 1.96. The van der Waals surface area contributed by atoms with Gasteiger partial charge in [-0.15, -0.1) is 0 Å². The van der Waals surface area contributed by atoms with E-state index in [2.05, 4.69) is 59.9 Å². The Kier molecular flexibility index (Phi) is 5.39. The van der Waals surface area contributed by atoms with Gasteiger partial charge in [0.25, 0.3) is 0 Å². The first-order chi connectivity index (χ1) is 15.9. The van der Waals surface area contributed by atoms with Crippen LogP contribution in [-0.4, -0.2) is 42.7 Å². The van der Waals surface area contributed by atoms with Gasteiger partial charge in [0, 0.05) is 49.7 Å². The molecule has 182 valence electrons. The molecule has 2 aliphatic rings. The topological polar surface area (TPSA) is 71.2 Å². The van der Waals surface area contributed by atoms with Crippen molar-refractivity contribution in [2.75, 3.05) is 0 Å². The van der Waals surface area contributed by atoms with Gasteiger partial charge in [-0.2, -0.15) is 10.2 Å². The third-order valence-corrected chi connectivity index (χ3v) is 7.73. The number of hydrogen-bond donors (Lipinski definition) is 0. The molecule has 2 fully saturated rings. The molecule has 7 heteroatoms. The summed E-state index contributed by atoms with van der Waals surface area (Å²) in [5.74, 6) is 1.42. The molecule has 1 saturated carbocycles. The molecule has 3 aromatic rings. The molecule has 0 spiro atoms. The third kappa shape index (κ3) is 4.04. The van der Waals surface area contributed by atoms with Crippen LogP contribution in [0, 0.1) is 12.8 Å². The highest BCUT2D eigenvalue weighted by atomic mass is 16.5. The fourth-order valence-corrected chi connectivity index (χ4v) is 5.84. The van der Waals surface area contributed by atoms with E-state index in [1.54, 1.807) is 0 Å². The number of hydrogen-bond acceptors (Lipinski definition) is 5. The van der Waals surface area contributed by atoms with Crippen molar-refractivity contribution in [2.45, 2.75) is 90.6 Å². The highest BCUT2D eigenvalue weighted by Crippen LogP contribution is 2.45. The Balaban J connectivity index is 1.51. The fraction of sp³-hybridized carbons (Fsp3) is 0.593. The molecule has 0 radical (unpaired) electrons. The summed E-state index contributed by atoms with van der Waals surface area (Å²) in [6, 6.07) is 4.37. The van der Waals surface area contributed by atoms with Crippen molar-refractivity contribution in [1.82, 2.24) is 19.6 Å². The van der Waals surface area contributed by atoms with E-state index in [0.717, 1.165) is 46.3 Å². The molecule has 1 unspecified atom stereocenters. The van der Waals surface area contributed by atoms with Crippen LogP contribution in [0.15, 0.2) is 24.5 Å². The van der Waals surface area contributed by atoms with E-state index in [4.69, 9.17) is 19.7 Å². The zero-order valence-corrected chi connectivity index (χ0v) is 21.4. The molecule has 3 heterocycles. The normalized spacial score (nSPS) is 24.7. The van der Waals surface area contributed by atoms with Crippen LogP contribution in [0.3, 0.4) is 0 Å². The molecular formula is C27H36N4O3. The molecule has 0 bridgehead atoms. The second-order valence-electron chi connectivity index (χ2n) is 11.3. The average molecular weight is 465 g/mol. The van der Waals surface area contributed by atoms with Crippen LogP contribution in [0.2, 0.25) is 0 Å². The molecule has 5 rings (SSSR count). The van der Waals surface area contributed by atoms with Crippen molar-refractivity contribution in [3.63, 3.8) is 0 Å². The summed E-state index contributed by atoms with van der Waals surface area (Å²) in [5, 5.41) is 10.5. The summed E-state index contributed by atoms with van der Waals surface area (Å²) in [6.07, 6.45) is 7.07. The predicted octanol–water partition coefficient (Wildman–Crippen LogP) is 5.40. The predicted molar refractivity (Wildman–Crippen MR) is 132 cm³/mol. The number of carbonyl (C=O) groups excluding carboxylic acids is 1. The summed E-state index contributed by atoms with van der Waals surface area (Å²) < 4.78 is 16.8. The Labute approximate surface area is 201 Å². The van der Waals surface area contributed by atoms with E-state index in [-0.39, 0.29) is 29.3 Å². The van der Waals surface area contributed by atoms with E-state index in [1.165, 1.54) is 0 Å². The summed E-state index contributed by atoms with van der Waals surface area (Å²) >= 11 is 0. The molecular weight excluding hydrogens is 428 g/mol. The Bertz CT molecular complexity index is 1250. The lowest BCUT2D eigenvalue weighted by atomic mass is 9.94. The van der Waals surface area contributed by atoms with Crippen LogP contribution in [-0.2, 0) is 16.6 Å². The maximum Gasteiger partial charge on any atom is 0.133 e. The fourth-order valence-electron chi connectivity index (χ4n) is 5.84. The number of rotatable bonds is 5. The molecule has 1 aromatic carbocycles. The number of aromatic nitrogens is 4. The van der Waals surface area contributed by atoms with Crippen molar-refractivity contribution in [3.05, 3.63) is 30.2 Å². The van der Waals surface area contributed by atoms with Crippen molar-refractivity contribution in [1.29, 1.82) is 0 Å². The van der Waals surface area contributed by atoms with Crippen molar-refractivity contribution < 1.29 is 14.3 Å². The minimum atomic E-state index is -0.294. The summed E-state index contributed by atoms with van der Waals surface area (Å²) in [6.45, 7) is 12.7. The standard InChI is InChI=1S/C27H36N4O3/c1-16-25-22(29-30(16)7)11-19(12-23(25)33-17(2)18-8-9-21(32)10-18)20-14-28-31(15-20)24-13-26(3,4)34-27(24,5)6/h11-12,14-15,17-18,24H,8-10,13H2,1-7H3/t17-,18-,24?/m1/s1. The largest absolute Gasteiger partial charge is 0.490 e. The molecule has 0 N–H and O–H groups in total. The monoisotopic (exact) mass is 464 g/mol. The summed E-state index contributed by atoms with van der Waals surface area (Å²) in [4.78, 5) is 11.8. The van der Waals surface area contributed by atoms with Crippen molar-refractivity contribution >= 4 is 16.7 Å². The number of ether oxygens (including phenoxy) is 2. The first kappa shape index (κ1) is 23.1. The molecule has 1 saturated heterocycles. The van der Waals surface area contributed by atoms with E-state index in [0.29, 0.717) is 18.6 Å². The van der Waals surface area contributed by atoms with Gasteiger partial charge in [-0.1, -0.05) is 0 Å². The minimum Gasteiger partial charge on any atom is -0.490 e. The lowest BCUT2D eigenvalue weighted by molar-refractivity contribution is -0.117.